The monoisotopic (exact) mass is 428 g/mol. The SMILES string of the molecule is CN(C)C(=O)Nc1ccc2c(c1)C(c1cccc(F)c1)Oc1cccc(OC(F)F)c1-2. The molecule has 1 atom stereocenters. The molecule has 1 heterocycles. The van der Waals surface area contributed by atoms with E-state index in [4.69, 9.17) is 9.47 Å². The van der Waals surface area contributed by atoms with Gasteiger partial charge in [-0.05, 0) is 47.5 Å². The van der Waals surface area contributed by atoms with Gasteiger partial charge in [0, 0.05) is 25.3 Å². The number of hydrogen-bond acceptors (Lipinski definition) is 3. The number of amides is 2. The fraction of sp³-hybridized carbons (Fsp3) is 0.174. The van der Waals surface area contributed by atoms with E-state index in [0.717, 1.165) is 0 Å². The molecule has 0 bridgehead atoms. The number of nitrogens with one attached hydrogen (secondary N) is 1. The summed E-state index contributed by atoms with van der Waals surface area (Å²) in [5.41, 5.74) is 2.58. The largest absolute Gasteiger partial charge is 0.480 e. The minimum Gasteiger partial charge on any atom is -0.480 e. The second-order valence-electron chi connectivity index (χ2n) is 7.19. The van der Waals surface area contributed by atoms with E-state index < -0.39 is 18.5 Å². The van der Waals surface area contributed by atoms with E-state index in [0.29, 0.717) is 33.7 Å². The third kappa shape index (κ3) is 4.14. The summed E-state index contributed by atoms with van der Waals surface area (Å²) in [7, 11) is 3.22. The number of carbonyl (C=O) groups excluding carboxylic acids is 1. The van der Waals surface area contributed by atoms with Crippen molar-refractivity contribution < 1.29 is 27.4 Å². The highest BCUT2D eigenvalue weighted by Crippen LogP contribution is 2.49. The Morgan fingerprint density at radius 1 is 1.10 bits per heavy atom. The molecule has 0 aromatic heterocycles. The lowest BCUT2D eigenvalue weighted by molar-refractivity contribution is -0.0496. The summed E-state index contributed by atoms with van der Waals surface area (Å²) in [6.07, 6.45) is -0.712. The topological polar surface area (TPSA) is 50.8 Å². The van der Waals surface area contributed by atoms with Crippen molar-refractivity contribution >= 4 is 11.7 Å². The van der Waals surface area contributed by atoms with Crippen LogP contribution in [0.5, 0.6) is 11.5 Å². The van der Waals surface area contributed by atoms with Crippen molar-refractivity contribution in [2.45, 2.75) is 12.7 Å². The molecule has 1 aliphatic rings. The van der Waals surface area contributed by atoms with Crippen LogP contribution in [0.2, 0.25) is 0 Å². The molecule has 31 heavy (non-hydrogen) atoms. The van der Waals surface area contributed by atoms with Crippen molar-refractivity contribution in [3.8, 4) is 22.6 Å². The molecule has 160 valence electrons. The Morgan fingerprint density at radius 3 is 2.58 bits per heavy atom. The molecule has 0 fully saturated rings. The lowest BCUT2D eigenvalue weighted by Gasteiger charge is -2.30. The van der Waals surface area contributed by atoms with Crippen LogP contribution in [0.4, 0.5) is 23.7 Å². The predicted octanol–water partition coefficient (Wildman–Crippen LogP) is 5.67. The maximum atomic E-state index is 13.9. The highest BCUT2D eigenvalue weighted by atomic mass is 19.3. The minimum absolute atomic E-state index is 0.0310. The van der Waals surface area contributed by atoms with Crippen LogP contribution in [-0.4, -0.2) is 31.6 Å². The number of carbonyl (C=O) groups is 1. The van der Waals surface area contributed by atoms with Gasteiger partial charge in [0.2, 0.25) is 0 Å². The summed E-state index contributed by atoms with van der Waals surface area (Å²) >= 11 is 0. The molecule has 3 aromatic carbocycles. The Morgan fingerprint density at radius 2 is 1.87 bits per heavy atom. The normalized spacial score (nSPS) is 14.3. The second-order valence-corrected chi connectivity index (χ2v) is 7.19. The number of benzene rings is 3. The first-order valence-electron chi connectivity index (χ1n) is 9.46. The second kappa shape index (κ2) is 8.22. The van der Waals surface area contributed by atoms with Gasteiger partial charge in [0.15, 0.2) is 0 Å². The summed E-state index contributed by atoms with van der Waals surface area (Å²) in [5.74, 6) is -0.123. The number of anilines is 1. The van der Waals surface area contributed by atoms with Gasteiger partial charge in [-0.25, -0.2) is 9.18 Å². The third-order valence-electron chi connectivity index (χ3n) is 4.86. The summed E-state index contributed by atoms with van der Waals surface area (Å²) in [6.45, 7) is -3.01. The molecule has 8 heteroatoms. The van der Waals surface area contributed by atoms with Crippen LogP contribution in [0.1, 0.15) is 17.2 Å². The molecule has 0 radical (unpaired) electrons. The van der Waals surface area contributed by atoms with Crippen molar-refractivity contribution in [2.24, 2.45) is 0 Å². The van der Waals surface area contributed by atoms with Crippen LogP contribution in [0, 0.1) is 5.82 Å². The van der Waals surface area contributed by atoms with Crippen molar-refractivity contribution in [3.05, 3.63) is 77.6 Å². The molecule has 5 nitrogen and oxygen atoms in total. The van der Waals surface area contributed by atoms with Crippen molar-refractivity contribution in [1.29, 1.82) is 0 Å². The van der Waals surface area contributed by atoms with Crippen LogP contribution in [0.25, 0.3) is 11.1 Å². The minimum atomic E-state index is -3.01. The van der Waals surface area contributed by atoms with Gasteiger partial charge in [-0.1, -0.05) is 24.3 Å². The number of ether oxygens (including phenoxy) is 2. The zero-order valence-corrected chi connectivity index (χ0v) is 16.7. The number of fused-ring (bicyclic) bond motifs is 3. The fourth-order valence-corrected chi connectivity index (χ4v) is 3.50. The number of hydrogen-bond donors (Lipinski definition) is 1. The van der Waals surface area contributed by atoms with Gasteiger partial charge in [-0.3, -0.25) is 0 Å². The molecular formula is C23H19F3N2O3. The lowest BCUT2D eigenvalue weighted by Crippen LogP contribution is -2.27. The zero-order valence-electron chi connectivity index (χ0n) is 16.7. The van der Waals surface area contributed by atoms with Gasteiger partial charge in [0.25, 0.3) is 0 Å². The third-order valence-corrected chi connectivity index (χ3v) is 4.86. The standard InChI is InChI=1S/C23H19F3N2O3/c1-28(2)23(29)27-15-9-10-16-17(12-15)21(13-5-3-6-14(24)11-13)30-18-7-4-8-19(20(16)18)31-22(25)26/h3-12,21-22H,1-2H3,(H,27,29). The number of halogens is 3. The van der Waals surface area contributed by atoms with Crippen LogP contribution in [-0.2, 0) is 0 Å². The first-order valence-corrected chi connectivity index (χ1v) is 9.46. The average Bonchev–Trinajstić information content (AvgIpc) is 2.72. The van der Waals surface area contributed by atoms with Crippen molar-refractivity contribution in [1.82, 2.24) is 4.90 Å². The number of urea groups is 1. The highest BCUT2D eigenvalue weighted by Gasteiger charge is 2.31. The first kappa shape index (κ1) is 20.6. The van der Waals surface area contributed by atoms with E-state index in [9.17, 15) is 18.0 Å². The Hall–Kier alpha value is -3.68. The first-order chi connectivity index (χ1) is 14.8. The molecule has 0 aliphatic carbocycles. The van der Waals surface area contributed by atoms with Gasteiger partial charge in [0.1, 0.15) is 23.4 Å². The van der Waals surface area contributed by atoms with Crippen LogP contribution in [0.15, 0.2) is 60.7 Å². The van der Waals surface area contributed by atoms with Crippen molar-refractivity contribution in [2.75, 3.05) is 19.4 Å². The summed E-state index contributed by atoms with van der Waals surface area (Å²) < 4.78 is 50.7. The van der Waals surface area contributed by atoms with Gasteiger partial charge in [-0.2, -0.15) is 8.78 Å². The number of rotatable bonds is 4. The summed E-state index contributed by atoms with van der Waals surface area (Å²) in [6, 6.07) is 15.3. The zero-order chi connectivity index (χ0) is 22.1. The van der Waals surface area contributed by atoms with E-state index in [1.54, 1.807) is 56.6 Å². The Labute approximate surface area is 177 Å². The van der Waals surface area contributed by atoms with Crippen molar-refractivity contribution in [3.63, 3.8) is 0 Å². The molecule has 1 aliphatic heterocycles. The molecule has 2 amide bonds. The average molecular weight is 428 g/mol. The predicted molar refractivity (Wildman–Crippen MR) is 110 cm³/mol. The van der Waals surface area contributed by atoms with E-state index in [2.05, 4.69) is 5.32 Å². The van der Waals surface area contributed by atoms with E-state index >= 15 is 0 Å². The van der Waals surface area contributed by atoms with Gasteiger partial charge in [-0.15, -0.1) is 0 Å². The molecule has 4 rings (SSSR count). The molecule has 1 N–H and O–H groups in total. The molecule has 3 aromatic rings. The van der Waals surface area contributed by atoms with E-state index in [1.165, 1.54) is 23.1 Å². The lowest BCUT2D eigenvalue weighted by atomic mass is 9.88. The number of alkyl halides is 2. The Balaban J connectivity index is 1.87. The molecule has 1 unspecified atom stereocenters. The molecular weight excluding hydrogens is 409 g/mol. The summed E-state index contributed by atoms with van der Waals surface area (Å²) in [5, 5.41) is 2.75. The van der Waals surface area contributed by atoms with Crippen LogP contribution < -0.4 is 14.8 Å². The fourth-order valence-electron chi connectivity index (χ4n) is 3.50. The van der Waals surface area contributed by atoms with Gasteiger partial charge >= 0.3 is 12.6 Å². The Kier molecular flexibility index (Phi) is 5.46. The summed E-state index contributed by atoms with van der Waals surface area (Å²) in [4.78, 5) is 13.5. The molecule has 0 saturated heterocycles. The van der Waals surface area contributed by atoms with E-state index in [-0.39, 0.29) is 11.8 Å². The quantitative estimate of drug-likeness (QED) is 0.583. The highest BCUT2D eigenvalue weighted by molar-refractivity contribution is 5.90. The van der Waals surface area contributed by atoms with E-state index in [1.807, 2.05) is 0 Å². The van der Waals surface area contributed by atoms with Gasteiger partial charge < -0.3 is 19.7 Å². The molecule has 0 spiro atoms. The van der Waals surface area contributed by atoms with Gasteiger partial charge in [0.05, 0.1) is 5.56 Å². The maximum Gasteiger partial charge on any atom is 0.387 e. The Bertz CT molecular complexity index is 1130. The number of nitrogens with zero attached hydrogens (tertiary/aromatic N) is 1. The maximum absolute atomic E-state index is 13.9. The van der Waals surface area contributed by atoms with Crippen LogP contribution >= 0.6 is 0 Å². The molecule has 0 saturated carbocycles. The smallest absolute Gasteiger partial charge is 0.387 e. The van der Waals surface area contributed by atoms with Crippen LogP contribution in [0.3, 0.4) is 0 Å².